The Hall–Kier alpha value is -2.95. The number of aromatic nitrogens is 2. The van der Waals surface area contributed by atoms with Crippen LogP contribution in [0.4, 0.5) is 4.39 Å². The SMILES string of the molecule is CCOC(=O)C=Cc1ccc2[nH]nc(-c3cccc(F)c3)c2c1. The number of nitrogens with one attached hydrogen (secondary N) is 1. The van der Waals surface area contributed by atoms with Crippen molar-refractivity contribution >= 4 is 22.9 Å². The molecule has 0 aliphatic heterocycles. The van der Waals surface area contributed by atoms with E-state index in [9.17, 15) is 9.18 Å². The van der Waals surface area contributed by atoms with Crippen molar-refractivity contribution in [3.8, 4) is 11.3 Å². The van der Waals surface area contributed by atoms with Crippen molar-refractivity contribution in [2.45, 2.75) is 6.92 Å². The summed E-state index contributed by atoms with van der Waals surface area (Å²) in [4.78, 5) is 11.4. The van der Waals surface area contributed by atoms with Gasteiger partial charge >= 0.3 is 5.97 Å². The molecule has 23 heavy (non-hydrogen) atoms. The maximum absolute atomic E-state index is 13.4. The number of ether oxygens (including phenoxy) is 1. The number of halogens is 1. The Morgan fingerprint density at radius 1 is 1.30 bits per heavy atom. The van der Waals surface area contributed by atoms with Gasteiger partial charge in [-0.15, -0.1) is 0 Å². The van der Waals surface area contributed by atoms with Crippen molar-refractivity contribution in [2.24, 2.45) is 0 Å². The van der Waals surface area contributed by atoms with Crippen molar-refractivity contribution < 1.29 is 13.9 Å². The summed E-state index contributed by atoms with van der Waals surface area (Å²) < 4.78 is 18.3. The van der Waals surface area contributed by atoms with E-state index < -0.39 is 0 Å². The molecule has 3 aromatic rings. The van der Waals surface area contributed by atoms with Crippen LogP contribution in [0.5, 0.6) is 0 Å². The fourth-order valence-corrected chi connectivity index (χ4v) is 2.35. The lowest BCUT2D eigenvalue weighted by molar-refractivity contribution is -0.137. The van der Waals surface area contributed by atoms with Crippen LogP contribution in [0.25, 0.3) is 28.2 Å². The standard InChI is InChI=1S/C18H15FN2O2/c1-2-23-17(22)9-7-12-6-8-16-15(10-12)18(21-20-16)13-4-3-5-14(19)11-13/h3-11H,2H2,1H3,(H,20,21). The Bertz CT molecular complexity index is 884. The lowest BCUT2D eigenvalue weighted by Gasteiger charge is -2.00. The lowest BCUT2D eigenvalue weighted by atomic mass is 10.1. The van der Waals surface area contributed by atoms with Crippen molar-refractivity contribution in [1.29, 1.82) is 0 Å². The number of esters is 1. The highest BCUT2D eigenvalue weighted by Gasteiger charge is 2.09. The van der Waals surface area contributed by atoms with Gasteiger partial charge in [-0.2, -0.15) is 5.10 Å². The third kappa shape index (κ3) is 3.29. The van der Waals surface area contributed by atoms with E-state index in [1.807, 2.05) is 18.2 Å². The van der Waals surface area contributed by atoms with E-state index in [0.29, 0.717) is 17.9 Å². The van der Waals surface area contributed by atoms with Crippen LogP contribution in [-0.4, -0.2) is 22.8 Å². The molecule has 0 saturated heterocycles. The van der Waals surface area contributed by atoms with Gasteiger partial charge in [-0.3, -0.25) is 5.10 Å². The lowest BCUT2D eigenvalue weighted by Crippen LogP contribution is -1.98. The number of fused-ring (bicyclic) bond motifs is 1. The molecule has 0 atom stereocenters. The van der Waals surface area contributed by atoms with E-state index in [1.54, 1.807) is 25.1 Å². The van der Waals surface area contributed by atoms with Gasteiger partial charge < -0.3 is 4.74 Å². The predicted octanol–water partition coefficient (Wildman–Crippen LogP) is 3.95. The summed E-state index contributed by atoms with van der Waals surface area (Å²) in [6.07, 6.45) is 3.06. The molecule has 0 saturated carbocycles. The number of hydrogen-bond acceptors (Lipinski definition) is 3. The Morgan fingerprint density at radius 3 is 2.96 bits per heavy atom. The van der Waals surface area contributed by atoms with Crippen molar-refractivity contribution in [1.82, 2.24) is 10.2 Å². The zero-order valence-electron chi connectivity index (χ0n) is 12.5. The summed E-state index contributed by atoms with van der Waals surface area (Å²) in [6, 6.07) is 11.9. The molecule has 0 fully saturated rings. The van der Waals surface area contributed by atoms with Gasteiger partial charge in [0.2, 0.25) is 0 Å². The van der Waals surface area contributed by atoms with Crippen LogP contribution < -0.4 is 0 Å². The smallest absolute Gasteiger partial charge is 0.330 e. The normalized spacial score (nSPS) is 11.2. The van der Waals surface area contributed by atoms with Crippen LogP contribution in [0.3, 0.4) is 0 Å². The fourth-order valence-electron chi connectivity index (χ4n) is 2.35. The molecule has 0 spiro atoms. The van der Waals surface area contributed by atoms with E-state index in [1.165, 1.54) is 18.2 Å². The summed E-state index contributed by atoms with van der Waals surface area (Å²) in [5.74, 6) is -0.692. The topological polar surface area (TPSA) is 55.0 Å². The first-order chi connectivity index (χ1) is 11.2. The highest BCUT2D eigenvalue weighted by molar-refractivity contribution is 5.95. The molecule has 1 heterocycles. The maximum Gasteiger partial charge on any atom is 0.330 e. The number of benzene rings is 2. The van der Waals surface area contributed by atoms with E-state index in [-0.39, 0.29) is 11.8 Å². The zero-order valence-corrected chi connectivity index (χ0v) is 12.5. The predicted molar refractivity (Wildman–Crippen MR) is 87.2 cm³/mol. The van der Waals surface area contributed by atoms with Crippen LogP contribution in [0, 0.1) is 5.82 Å². The first-order valence-electron chi connectivity index (χ1n) is 7.26. The van der Waals surface area contributed by atoms with Crippen LogP contribution >= 0.6 is 0 Å². The highest BCUT2D eigenvalue weighted by atomic mass is 19.1. The molecule has 0 unspecified atom stereocenters. The average Bonchev–Trinajstić information content (AvgIpc) is 2.96. The zero-order chi connectivity index (χ0) is 16.2. The fraction of sp³-hybridized carbons (Fsp3) is 0.111. The number of carbonyl (C=O) groups excluding carboxylic acids is 1. The highest BCUT2D eigenvalue weighted by Crippen LogP contribution is 2.27. The number of hydrogen-bond donors (Lipinski definition) is 1. The Kier molecular flexibility index (Phi) is 4.19. The van der Waals surface area contributed by atoms with E-state index in [0.717, 1.165) is 16.5 Å². The third-order valence-electron chi connectivity index (χ3n) is 3.38. The Balaban J connectivity index is 1.99. The summed E-state index contributed by atoms with van der Waals surface area (Å²) >= 11 is 0. The second-order valence-corrected chi connectivity index (χ2v) is 4.97. The van der Waals surface area contributed by atoms with Gasteiger partial charge in [-0.1, -0.05) is 18.2 Å². The third-order valence-corrected chi connectivity index (χ3v) is 3.38. The van der Waals surface area contributed by atoms with Gasteiger partial charge in [0.25, 0.3) is 0 Å². The van der Waals surface area contributed by atoms with Crippen LogP contribution in [0.15, 0.2) is 48.5 Å². The molecule has 0 aliphatic carbocycles. The van der Waals surface area contributed by atoms with Gasteiger partial charge in [-0.25, -0.2) is 9.18 Å². The van der Waals surface area contributed by atoms with Crippen LogP contribution in [0.1, 0.15) is 12.5 Å². The molecule has 1 aromatic heterocycles. The first-order valence-corrected chi connectivity index (χ1v) is 7.26. The van der Waals surface area contributed by atoms with Crippen LogP contribution in [-0.2, 0) is 9.53 Å². The minimum atomic E-state index is -0.384. The minimum Gasteiger partial charge on any atom is -0.463 e. The molecular formula is C18H15FN2O2. The molecule has 0 bridgehead atoms. The van der Waals surface area contributed by atoms with E-state index in [2.05, 4.69) is 10.2 Å². The molecular weight excluding hydrogens is 295 g/mol. The average molecular weight is 310 g/mol. The quantitative estimate of drug-likeness (QED) is 0.586. The number of aromatic amines is 1. The number of carbonyl (C=O) groups is 1. The van der Waals surface area contributed by atoms with Gasteiger partial charge in [0, 0.05) is 17.0 Å². The molecule has 5 heteroatoms. The largest absolute Gasteiger partial charge is 0.463 e. The number of nitrogens with zero attached hydrogens (tertiary/aromatic N) is 1. The monoisotopic (exact) mass is 310 g/mol. The molecule has 2 aromatic carbocycles. The molecule has 1 N–H and O–H groups in total. The molecule has 0 amide bonds. The van der Waals surface area contributed by atoms with Gasteiger partial charge in [0.05, 0.1) is 12.1 Å². The van der Waals surface area contributed by atoms with Gasteiger partial charge in [-0.05, 0) is 42.8 Å². The molecule has 3 rings (SSSR count). The molecule has 4 nitrogen and oxygen atoms in total. The second kappa shape index (κ2) is 6.44. The van der Waals surface area contributed by atoms with Crippen molar-refractivity contribution in [3.05, 3.63) is 59.9 Å². The first kappa shape index (κ1) is 15.0. The molecule has 116 valence electrons. The summed E-state index contributed by atoms with van der Waals surface area (Å²) in [7, 11) is 0. The van der Waals surface area contributed by atoms with E-state index in [4.69, 9.17) is 4.74 Å². The summed E-state index contributed by atoms with van der Waals surface area (Å²) in [6.45, 7) is 2.10. The Labute approximate surface area is 132 Å². The summed E-state index contributed by atoms with van der Waals surface area (Å²) in [5, 5.41) is 8.06. The summed E-state index contributed by atoms with van der Waals surface area (Å²) in [5.41, 5.74) is 3.05. The number of rotatable bonds is 4. The van der Waals surface area contributed by atoms with Crippen molar-refractivity contribution in [3.63, 3.8) is 0 Å². The molecule has 0 aliphatic rings. The van der Waals surface area contributed by atoms with Crippen LogP contribution in [0.2, 0.25) is 0 Å². The maximum atomic E-state index is 13.4. The van der Waals surface area contributed by atoms with Gasteiger partial charge in [0.15, 0.2) is 0 Å². The van der Waals surface area contributed by atoms with Crippen molar-refractivity contribution in [2.75, 3.05) is 6.61 Å². The van der Waals surface area contributed by atoms with Gasteiger partial charge in [0.1, 0.15) is 11.5 Å². The Morgan fingerprint density at radius 2 is 2.17 bits per heavy atom. The molecule has 0 radical (unpaired) electrons. The van der Waals surface area contributed by atoms with E-state index >= 15 is 0 Å². The minimum absolute atomic E-state index is 0.308. The number of H-pyrrole nitrogens is 1. The second-order valence-electron chi connectivity index (χ2n) is 4.97.